The van der Waals surface area contributed by atoms with E-state index in [-0.39, 0.29) is 17.5 Å². The fraction of sp³-hybridized carbons (Fsp3) is 0.462. The first-order valence-corrected chi connectivity index (χ1v) is 7.22. The van der Waals surface area contributed by atoms with Crippen molar-refractivity contribution < 1.29 is 9.72 Å². The van der Waals surface area contributed by atoms with Gasteiger partial charge in [0.1, 0.15) is 0 Å². The number of nitrogens with one attached hydrogen (secondary N) is 1. The molecule has 2 rings (SSSR count). The average molecular weight is 342 g/mol. The first-order valence-electron chi connectivity index (χ1n) is 6.43. The lowest BCUT2D eigenvalue weighted by molar-refractivity contribution is -0.384. The molecular formula is C13H16BrN3O3. The second kappa shape index (κ2) is 6.21. The smallest absolute Gasteiger partial charge is 0.270 e. The van der Waals surface area contributed by atoms with Crippen LogP contribution < -0.4 is 10.2 Å². The molecule has 1 aliphatic heterocycles. The number of carbonyl (C=O) groups is 1. The number of nitrogens with zero attached hydrogens (tertiary/aromatic N) is 2. The summed E-state index contributed by atoms with van der Waals surface area (Å²) in [6.45, 7) is 1.49. The molecule has 1 aromatic carbocycles. The van der Waals surface area contributed by atoms with E-state index >= 15 is 0 Å². The van der Waals surface area contributed by atoms with Crippen LogP contribution in [0, 0.1) is 16.0 Å². The van der Waals surface area contributed by atoms with Crippen molar-refractivity contribution >= 4 is 33.2 Å². The maximum absolute atomic E-state index is 11.7. The van der Waals surface area contributed by atoms with Crippen molar-refractivity contribution in [3.05, 3.63) is 32.8 Å². The SMILES string of the molecule is CNC(=O)[C@@H]1CCCN(c2ccc([N+](=O)[O-])cc2Br)C1. The second-order valence-electron chi connectivity index (χ2n) is 4.79. The molecule has 1 aromatic rings. The fourth-order valence-corrected chi connectivity index (χ4v) is 3.10. The van der Waals surface area contributed by atoms with Gasteiger partial charge >= 0.3 is 0 Å². The normalized spacial score (nSPS) is 18.7. The van der Waals surface area contributed by atoms with E-state index in [1.807, 2.05) is 0 Å². The van der Waals surface area contributed by atoms with Gasteiger partial charge in [-0.15, -0.1) is 0 Å². The minimum Gasteiger partial charge on any atom is -0.370 e. The number of non-ortho nitro benzene ring substituents is 1. The van der Waals surface area contributed by atoms with Gasteiger partial charge in [0.05, 0.1) is 16.5 Å². The number of amides is 1. The molecule has 0 saturated carbocycles. The summed E-state index contributed by atoms with van der Waals surface area (Å²) in [6.07, 6.45) is 1.81. The van der Waals surface area contributed by atoms with Gasteiger partial charge in [-0.05, 0) is 34.8 Å². The van der Waals surface area contributed by atoms with Gasteiger partial charge in [0, 0.05) is 36.7 Å². The van der Waals surface area contributed by atoms with Crippen molar-refractivity contribution in [1.82, 2.24) is 5.32 Å². The molecule has 1 atom stereocenters. The van der Waals surface area contributed by atoms with Crippen LogP contribution in [0.3, 0.4) is 0 Å². The third-order valence-corrected chi connectivity index (χ3v) is 4.16. The number of hydrogen-bond acceptors (Lipinski definition) is 4. The average Bonchev–Trinajstić information content (AvgIpc) is 2.46. The first-order chi connectivity index (χ1) is 9.52. The third-order valence-electron chi connectivity index (χ3n) is 3.52. The summed E-state index contributed by atoms with van der Waals surface area (Å²) >= 11 is 3.38. The predicted octanol–water partition coefficient (Wildman–Crippen LogP) is 2.32. The van der Waals surface area contributed by atoms with Gasteiger partial charge in [-0.3, -0.25) is 14.9 Å². The molecule has 6 nitrogen and oxygen atoms in total. The summed E-state index contributed by atoms with van der Waals surface area (Å²) in [6, 6.07) is 4.72. The van der Waals surface area contributed by atoms with Gasteiger partial charge in [-0.2, -0.15) is 0 Å². The van der Waals surface area contributed by atoms with Gasteiger partial charge < -0.3 is 10.2 Å². The molecule has 1 fully saturated rings. The maximum atomic E-state index is 11.7. The number of halogens is 1. The third kappa shape index (κ3) is 3.09. The van der Waals surface area contributed by atoms with Crippen LogP contribution in [0.4, 0.5) is 11.4 Å². The molecule has 0 spiro atoms. The van der Waals surface area contributed by atoms with E-state index in [1.165, 1.54) is 12.1 Å². The number of hydrogen-bond donors (Lipinski definition) is 1. The second-order valence-corrected chi connectivity index (χ2v) is 5.65. The van der Waals surface area contributed by atoms with Crippen molar-refractivity contribution in [2.24, 2.45) is 5.92 Å². The topological polar surface area (TPSA) is 75.5 Å². The Labute approximate surface area is 125 Å². The number of nitro benzene ring substituents is 1. The Hall–Kier alpha value is -1.63. The molecule has 0 aliphatic carbocycles. The number of rotatable bonds is 3. The van der Waals surface area contributed by atoms with Gasteiger partial charge in [0.2, 0.25) is 5.91 Å². The van der Waals surface area contributed by atoms with Crippen LogP contribution in [0.1, 0.15) is 12.8 Å². The molecule has 0 radical (unpaired) electrons. The van der Waals surface area contributed by atoms with Crippen LogP contribution in [-0.2, 0) is 4.79 Å². The molecule has 7 heteroatoms. The number of nitro groups is 1. The Morgan fingerprint density at radius 2 is 2.30 bits per heavy atom. The van der Waals surface area contributed by atoms with Gasteiger partial charge in [-0.1, -0.05) is 0 Å². The van der Waals surface area contributed by atoms with Crippen LogP contribution >= 0.6 is 15.9 Å². The molecule has 1 saturated heterocycles. The quantitative estimate of drug-likeness (QED) is 0.676. The summed E-state index contributed by atoms with van der Waals surface area (Å²) < 4.78 is 0.684. The highest BCUT2D eigenvalue weighted by Crippen LogP contribution is 2.32. The summed E-state index contributed by atoms with van der Waals surface area (Å²) in [5.74, 6) is 0.0172. The van der Waals surface area contributed by atoms with Gasteiger partial charge in [0.15, 0.2) is 0 Å². The lowest BCUT2D eigenvalue weighted by atomic mass is 9.96. The molecule has 1 N–H and O–H groups in total. The lowest BCUT2D eigenvalue weighted by Crippen LogP contribution is -2.42. The van der Waals surface area contributed by atoms with Gasteiger partial charge in [0.25, 0.3) is 5.69 Å². The van der Waals surface area contributed by atoms with Crippen molar-refractivity contribution in [3.63, 3.8) is 0 Å². The molecule has 108 valence electrons. The predicted molar refractivity (Wildman–Crippen MR) is 79.8 cm³/mol. The zero-order valence-corrected chi connectivity index (χ0v) is 12.7. The number of anilines is 1. The Bertz CT molecular complexity index is 536. The summed E-state index contributed by atoms with van der Waals surface area (Å²) in [7, 11) is 1.64. The van der Waals surface area contributed by atoms with Gasteiger partial charge in [-0.25, -0.2) is 0 Å². The van der Waals surface area contributed by atoms with Crippen molar-refractivity contribution in [3.8, 4) is 0 Å². The number of carbonyl (C=O) groups excluding carboxylic acids is 1. The van der Waals surface area contributed by atoms with Crippen LogP contribution in [0.15, 0.2) is 22.7 Å². The Morgan fingerprint density at radius 3 is 2.90 bits per heavy atom. The Balaban J connectivity index is 2.19. The van der Waals surface area contributed by atoms with E-state index in [4.69, 9.17) is 0 Å². The molecule has 0 unspecified atom stereocenters. The van der Waals surface area contributed by atoms with Crippen molar-refractivity contribution in [2.45, 2.75) is 12.8 Å². The summed E-state index contributed by atoms with van der Waals surface area (Å²) in [5.41, 5.74) is 0.949. The molecule has 1 heterocycles. The van der Waals surface area contributed by atoms with E-state index in [1.54, 1.807) is 13.1 Å². The summed E-state index contributed by atoms with van der Waals surface area (Å²) in [4.78, 5) is 24.1. The van der Waals surface area contributed by atoms with Crippen LogP contribution in [-0.4, -0.2) is 31.0 Å². The first kappa shape index (κ1) is 14.8. The minimum atomic E-state index is -0.419. The molecule has 0 bridgehead atoms. The van der Waals surface area contributed by atoms with E-state index in [0.717, 1.165) is 25.1 Å². The highest BCUT2D eigenvalue weighted by atomic mass is 79.9. The van der Waals surface area contributed by atoms with Crippen LogP contribution in [0.2, 0.25) is 0 Å². The fourth-order valence-electron chi connectivity index (χ4n) is 2.48. The van der Waals surface area contributed by atoms with Crippen molar-refractivity contribution in [2.75, 3.05) is 25.0 Å². The zero-order valence-electron chi connectivity index (χ0n) is 11.1. The monoisotopic (exact) mass is 341 g/mol. The standard InChI is InChI=1S/C13H16BrN3O3/c1-15-13(18)9-3-2-6-16(8-9)12-5-4-10(17(19)20)7-11(12)14/h4-5,7,9H,2-3,6,8H2,1H3,(H,15,18)/t9-/m1/s1. The largest absolute Gasteiger partial charge is 0.370 e. The lowest BCUT2D eigenvalue weighted by Gasteiger charge is -2.34. The molecule has 1 aliphatic rings. The minimum absolute atomic E-state index is 0.0316. The Kier molecular flexibility index (Phi) is 4.59. The Morgan fingerprint density at radius 1 is 1.55 bits per heavy atom. The molecule has 0 aromatic heterocycles. The van der Waals surface area contributed by atoms with E-state index < -0.39 is 4.92 Å². The van der Waals surface area contributed by atoms with E-state index in [0.29, 0.717) is 11.0 Å². The number of piperidine rings is 1. The summed E-state index contributed by atoms with van der Waals surface area (Å²) in [5, 5.41) is 13.4. The molecule has 20 heavy (non-hydrogen) atoms. The van der Waals surface area contributed by atoms with Crippen LogP contribution in [0.5, 0.6) is 0 Å². The van der Waals surface area contributed by atoms with E-state index in [2.05, 4.69) is 26.1 Å². The molecular weight excluding hydrogens is 326 g/mol. The highest BCUT2D eigenvalue weighted by Gasteiger charge is 2.26. The zero-order chi connectivity index (χ0) is 14.7. The van der Waals surface area contributed by atoms with Crippen LogP contribution in [0.25, 0.3) is 0 Å². The van der Waals surface area contributed by atoms with E-state index in [9.17, 15) is 14.9 Å². The van der Waals surface area contributed by atoms with Crippen molar-refractivity contribution in [1.29, 1.82) is 0 Å². The number of benzene rings is 1. The molecule has 1 amide bonds. The maximum Gasteiger partial charge on any atom is 0.270 e. The highest BCUT2D eigenvalue weighted by molar-refractivity contribution is 9.10.